The second-order valence-corrected chi connectivity index (χ2v) is 6.58. The Morgan fingerprint density at radius 1 is 1.23 bits per heavy atom. The lowest BCUT2D eigenvalue weighted by Crippen LogP contribution is -2.51. The summed E-state index contributed by atoms with van der Waals surface area (Å²) < 4.78 is 42.9. The number of aromatic amines is 1. The van der Waals surface area contributed by atoms with Crippen LogP contribution in [-0.4, -0.2) is 47.8 Å². The molecule has 2 aromatic rings. The van der Waals surface area contributed by atoms with Crippen LogP contribution < -0.4 is 0 Å². The first-order valence-corrected chi connectivity index (χ1v) is 8.60. The van der Waals surface area contributed by atoms with Gasteiger partial charge in [-0.25, -0.2) is 0 Å². The van der Waals surface area contributed by atoms with Gasteiger partial charge in [-0.2, -0.15) is 13.2 Å². The number of aryl methyl sites for hydroxylation is 1. The van der Waals surface area contributed by atoms with Crippen molar-refractivity contribution in [3.8, 4) is 11.3 Å². The highest BCUT2D eigenvalue weighted by atomic mass is 35.5. The maximum atomic E-state index is 12.7. The van der Waals surface area contributed by atoms with E-state index in [1.165, 1.54) is 4.90 Å². The van der Waals surface area contributed by atoms with E-state index >= 15 is 0 Å². The number of H-pyrrole nitrogens is 1. The van der Waals surface area contributed by atoms with Gasteiger partial charge in [0.15, 0.2) is 6.10 Å². The summed E-state index contributed by atoms with van der Waals surface area (Å²) in [7, 11) is 0. The third-order valence-electron chi connectivity index (χ3n) is 4.29. The standard InChI is InChI=1S/C18H18ClF3N2O2/c19-13-3-1-12(2-4-13)15-7-5-14(23-15)6-8-17(25)24-9-10-26-16(11-24)18(20,21)22/h1-5,7,16,23H,6,8-11H2. The van der Waals surface area contributed by atoms with Crippen molar-refractivity contribution in [3.05, 3.63) is 47.1 Å². The van der Waals surface area contributed by atoms with Gasteiger partial charge < -0.3 is 14.6 Å². The summed E-state index contributed by atoms with van der Waals surface area (Å²) in [5.41, 5.74) is 2.71. The van der Waals surface area contributed by atoms with E-state index < -0.39 is 18.8 Å². The van der Waals surface area contributed by atoms with E-state index in [2.05, 4.69) is 4.98 Å². The fraction of sp³-hybridized carbons (Fsp3) is 0.389. The van der Waals surface area contributed by atoms with Crippen molar-refractivity contribution in [1.29, 1.82) is 0 Å². The van der Waals surface area contributed by atoms with Crippen LogP contribution in [0.4, 0.5) is 13.2 Å². The van der Waals surface area contributed by atoms with Crippen LogP contribution in [0.3, 0.4) is 0 Å². The molecule has 1 aliphatic rings. The molecule has 0 aliphatic carbocycles. The van der Waals surface area contributed by atoms with Gasteiger partial charge in [0.05, 0.1) is 13.2 Å². The van der Waals surface area contributed by atoms with E-state index in [0.29, 0.717) is 11.4 Å². The van der Waals surface area contributed by atoms with E-state index in [0.717, 1.165) is 17.0 Å². The molecule has 1 aliphatic heterocycles. The molecule has 0 radical (unpaired) electrons. The second-order valence-electron chi connectivity index (χ2n) is 6.14. The molecule has 1 aromatic heterocycles. The quantitative estimate of drug-likeness (QED) is 0.861. The summed E-state index contributed by atoms with van der Waals surface area (Å²) in [6.07, 6.45) is -5.78. The number of amides is 1. The number of alkyl halides is 3. The van der Waals surface area contributed by atoms with E-state index in [4.69, 9.17) is 16.3 Å². The number of halogens is 4. The lowest BCUT2D eigenvalue weighted by molar-refractivity contribution is -0.236. The van der Waals surface area contributed by atoms with Gasteiger partial charge in [-0.05, 0) is 36.2 Å². The molecule has 1 amide bonds. The SMILES string of the molecule is O=C(CCc1ccc(-c2ccc(Cl)cc2)[nH]1)N1CCOC(C(F)(F)F)C1. The smallest absolute Gasteiger partial charge is 0.365 e. The summed E-state index contributed by atoms with van der Waals surface area (Å²) in [6.45, 7) is -0.353. The molecule has 0 bridgehead atoms. The Kier molecular flexibility index (Phi) is 5.58. The van der Waals surface area contributed by atoms with Gasteiger partial charge in [0, 0.05) is 29.4 Å². The fourth-order valence-corrected chi connectivity index (χ4v) is 2.98. The van der Waals surface area contributed by atoms with Gasteiger partial charge in [-0.3, -0.25) is 4.79 Å². The van der Waals surface area contributed by atoms with Crippen molar-refractivity contribution in [2.75, 3.05) is 19.7 Å². The van der Waals surface area contributed by atoms with Gasteiger partial charge >= 0.3 is 6.18 Å². The van der Waals surface area contributed by atoms with Crippen LogP contribution in [0.1, 0.15) is 12.1 Å². The number of ether oxygens (including phenoxy) is 1. The van der Waals surface area contributed by atoms with E-state index in [-0.39, 0.29) is 25.5 Å². The average Bonchev–Trinajstić information content (AvgIpc) is 3.08. The third kappa shape index (κ3) is 4.59. The van der Waals surface area contributed by atoms with Crippen molar-refractivity contribution in [3.63, 3.8) is 0 Å². The molecule has 140 valence electrons. The predicted molar refractivity (Wildman–Crippen MR) is 91.9 cm³/mol. The van der Waals surface area contributed by atoms with Crippen molar-refractivity contribution in [2.45, 2.75) is 25.1 Å². The van der Waals surface area contributed by atoms with Crippen molar-refractivity contribution < 1.29 is 22.7 Å². The van der Waals surface area contributed by atoms with Gasteiger partial charge in [-0.1, -0.05) is 23.7 Å². The minimum absolute atomic E-state index is 0.0981. The zero-order valence-corrected chi connectivity index (χ0v) is 14.6. The van der Waals surface area contributed by atoms with Gasteiger partial charge in [-0.15, -0.1) is 0 Å². The van der Waals surface area contributed by atoms with Crippen LogP contribution in [0.15, 0.2) is 36.4 Å². The highest BCUT2D eigenvalue weighted by Crippen LogP contribution is 2.26. The summed E-state index contributed by atoms with van der Waals surface area (Å²) >= 11 is 5.87. The maximum Gasteiger partial charge on any atom is 0.416 e. The first-order chi connectivity index (χ1) is 12.3. The normalized spacial score (nSPS) is 18.2. The Bertz CT molecular complexity index is 759. The van der Waals surface area contributed by atoms with Crippen molar-refractivity contribution >= 4 is 17.5 Å². The highest BCUT2D eigenvalue weighted by Gasteiger charge is 2.44. The van der Waals surface area contributed by atoms with Crippen LogP contribution in [0.25, 0.3) is 11.3 Å². The molecule has 0 spiro atoms. The minimum Gasteiger partial charge on any atom is -0.365 e. The van der Waals surface area contributed by atoms with Gasteiger partial charge in [0.25, 0.3) is 0 Å². The summed E-state index contributed by atoms with van der Waals surface area (Å²) in [5.74, 6) is -0.301. The number of carbonyl (C=O) groups excluding carboxylic acids is 1. The fourth-order valence-electron chi connectivity index (χ4n) is 2.86. The molecule has 2 heterocycles. The molecule has 26 heavy (non-hydrogen) atoms. The maximum absolute atomic E-state index is 12.7. The van der Waals surface area contributed by atoms with Crippen molar-refractivity contribution in [1.82, 2.24) is 9.88 Å². The molecule has 1 fully saturated rings. The number of morpholine rings is 1. The highest BCUT2D eigenvalue weighted by molar-refractivity contribution is 6.30. The summed E-state index contributed by atoms with van der Waals surface area (Å²) in [4.78, 5) is 16.7. The molecule has 1 saturated heterocycles. The average molecular weight is 387 g/mol. The van der Waals surface area contributed by atoms with E-state index in [1.54, 1.807) is 12.1 Å². The molecule has 1 N–H and O–H groups in total. The van der Waals surface area contributed by atoms with Gasteiger partial charge in [0.2, 0.25) is 5.91 Å². The minimum atomic E-state index is -4.45. The zero-order valence-electron chi connectivity index (χ0n) is 13.9. The summed E-state index contributed by atoms with van der Waals surface area (Å²) in [6, 6.07) is 11.1. The molecule has 1 atom stereocenters. The number of nitrogens with zero attached hydrogens (tertiary/aromatic N) is 1. The number of rotatable bonds is 4. The molecule has 4 nitrogen and oxygen atoms in total. The Balaban J connectivity index is 1.56. The number of hydrogen-bond acceptors (Lipinski definition) is 2. The lowest BCUT2D eigenvalue weighted by atomic mass is 10.2. The Morgan fingerprint density at radius 3 is 2.65 bits per heavy atom. The number of benzene rings is 1. The number of carbonyl (C=O) groups is 1. The first-order valence-electron chi connectivity index (χ1n) is 8.23. The largest absolute Gasteiger partial charge is 0.416 e. The Hall–Kier alpha value is -1.99. The second kappa shape index (κ2) is 7.72. The molecule has 3 rings (SSSR count). The first kappa shape index (κ1) is 18.8. The summed E-state index contributed by atoms with van der Waals surface area (Å²) in [5, 5.41) is 0.647. The topological polar surface area (TPSA) is 45.3 Å². The Morgan fingerprint density at radius 2 is 1.96 bits per heavy atom. The lowest BCUT2D eigenvalue weighted by Gasteiger charge is -2.33. The molecular formula is C18H18ClF3N2O2. The number of hydrogen-bond donors (Lipinski definition) is 1. The Labute approximate surface area is 153 Å². The molecule has 1 aromatic carbocycles. The van der Waals surface area contributed by atoms with Crippen LogP contribution >= 0.6 is 11.6 Å². The molecule has 0 saturated carbocycles. The van der Waals surface area contributed by atoms with E-state index in [1.807, 2.05) is 24.3 Å². The number of nitrogens with one attached hydrogen (secondary N) is 1. The van der Waals surface area contributed by atoms with Gasteiger partial charge in [0.1, 0.15) is 0 Å². The molecule has 8 heteroatoms. The van der Waals surface area contributed by atoms with Crippen molar-refractivity contribution in [2.24, 2.45) is 0 Å². The third-order valence-corrected chi connectivity index (χ3v) is 4.55. The zero-order chi connectivity index (χ0) is 18.7. The van der Waals surface area contributed by atoms with E-state index in [9.17, 15) is 18.0 Å². The monoisotopic (exact) mass is 386 g/mol. The predicted octanol–water partition coefficient (Wildman–Crippen LogP) is 4.06. The van der Waals surface area contributed by atoms with Crippen LogP contribution in [0, 0.1) is 0 Å². The molecule has 1 unspecified atom stereocenters. The van der Waals surface area contributed by atoms with Crippen LogP contribution in [-0.2, 0) is 16.0 Å². The number of aromatic nitrogens is 1. The molecular weight excluding hydrogens is 369 g/mol. The van der Waals surface area contributed by atoms with Crippen LogP contribution in [0.2, 0.25) is 5.02 Å². The van der Waals surface area contributed by atoms with Crippen LogP contribution in [0.5, 0.6) is 0 Å².